The fraction of sp³-hybridized carbons (Fsp3) is 0.565. The van der Waals surface area contributed by atoms with Crippen LogP contribution in [-0.4, -0.2) is 77.0 Å². The lowest BCUT2D eigenvalue weighted by Crippen LogP contribution is -2.52. The molecule has 2 fully saturated rings. The summed E-state index contributed by atoms with van der Waals surface area (Å²) in [5, 5.41) is 2.97. The van der Waals surface area contributed by atoms with Gasteiger partial charge in [0.2, 0.25) is 5.82 Å². The summed E-state index contributed by atoms with van der Waals surface area (Å²) in [4.78, 5) is 35.0. The number of nitrogens with one attached hydrogen (secondary N) is 2. The Kier molecular flexibility index (Phi) is 6.44. The Labute approximate surface area is 189 Å². The lowest BCUT2D eigenvalue weighted by molar-refractivity contribution is 0.0580. The molecule has 0 spiro atoms. The van der Waals surface area contributed by atoms with Crippen LogP contribution in [0, 0.1) is 6.57 Å². The predicted molar refractivity (Wildman–Crippen MR) is 125 cm³/mol. The smallest absolute Gasteiger partial charge is 0.314 e. The summed E-state index contributed by atoms with van der Waals surface area (Å²) < 4.78 is 0. The quantitative estimate of drug-likeness (QED) is 0.701. The van der Waals surface area contributed by atoms with Crippen LogP contribution in [0.4, 0.5) is 17.3 Å². The summed E-state index contributed by atoms with van der Waals surface area (Å²) in [6, 6.07) is 3.98. The molecule has 170 valence electrons. The van der Waals surface area contributed by atoms with Crippen LogP contribution < -0.4 is 10.2 Å². The van der Waals surface area contributed by atoms with E-state index in [1.54, 1.807) is 0 Å². The summed E-state index contributed by atoms with van der Waals surface area (Å²) >= 11 is 0. The highest BCUT2D eigenvalue weighted by atomic mass is 16.2. The molecule has 0 unspecified atom stereocenters. The first-order valence-electron chi connectivity index (χ1n) is 11.3. The van der Waals surface area contributed by atoms with Gasteiger partial charge in [0.05, 0.1) is 23.1 Å². The fourth-order valence-corrected chi connectivity index (χ4v) is 4.43. The van der Waals surface area contributed by atoms with Crippen LogP contribution >= 0.6 is 0 Å². The van der Waals surface area contributed by atoms with Crippen LogP contribution in [0.5, 0.6) is 0 Å². The highest BCUT2D eigenvalue weighted by molar-refractivity contribution is 6.03. The van der Waals surface area contributed by atoms with Crippen LogP contribution in [0.15, 0.2) is 18.3 Å². The summed E-state index contributed by atoms with van der Waals surface area (Å²) in [5.41, 5.74) is 1.48. The van der Waals surface area contributed by atoms with Gasteiger partial charge in [0, 0.05) is 39.3 Å². The number of piperazine rings is 1. The molecule has 9 heteroatoms. The van der Waals surface area contributed by atoms with E-state index in [-0.39, 0.29) is 23.1 Å². The minimum absolute atomic E-state index is 0.127. The first-order chi connectivity index (χ1) is 15.4. The molecule has 0 aliphatic carbocycles. The van der Waals surface area contributed by atoms with Crippen molar-refractivity contribution in [3.63, 3.8) is 0 Å². The second-order valence-corrected chi connectivity index (χ2v) is 9.15. The van der Waals surface area contributed by atoms with E-state index in [4.69, 9.17) is 11.6 Å². The Morgan fingerprint density at radius 1 is 1.12 bits per heavy atom. The Morgan fingerprint density at radius 2 is 1.84 bits per heavy atom. The number of nitrogens with zero attached hydrogens (tertiary/aromatic N) is 6. The van der Waals surface area contributed by atoms with Gasteiger partial charge in [-0.3, -0.25) is 14.7 Å². The topological polar surface area (TPSA) is 84.8 Å². The molecule has 32 heavy (non-hydrogen) atoms. The molecule has 2 aromatic rings. The number of imidazole rings is 1. The Balaban J connectivity index is 1.63. The van der Waals surface area contributed by atoms with Crippen molar-refractivity contribution in [2.75, 3.05) is 56.5 Å². The van der Waals surface area contributed by atoms with Gasteiger partial charge in [-0.1, -0.05) is 6.57 Å². The minimum Gasteiger partial charge on any atom is -0.363 e. The largest absolute Gasteiger partial charge is 0.363 e. The molecule has 1 amide bonds. The van der Waals surface area contributed by atoms with Gasteiger partial charge >= 0.3 is 5.91 Å². The van der Waals surface area contributed by atoms with Crippen LogP contribution in [0.25, 0.3) is 4.85 Å². The van der Waals surface area contributed by atoms with Gasteiger partial charge < -0.3 is 20.0 Å². The number of H-pyrrole nitrogens is 1. The number of aromatic amines is 1. The van der Waals surface area contributed by atoms with Gasteiger partial charge in [0.25, 0.3) is 5.82 Å². The van der Waals surface area contributed by atoms with Crippen molar-refractivity contribution >= 4 is 23.2 Å². The zero-order chi connectivity index (χ0) is 22.7. The third kappa shape index (κ3) is 4.61. The van der Waals surface area contributed by atoms with E-state index in [9.17, 15) is 4.79 Å². The number of aromatic nitrogens is 3. The minimum atomic E-state index is -0.369. The summed E-state index contributed by atoms with van der Waals surface area (Å²) in [5.74, 6) is 0.817. The van der Waals surface area contributed by atoms with Crippen molar-refractivity contribution in [3.05, 3.63) is 41.3 Å². The van der Waals surface area contributed by atoms with Crippen molar-refractivity contribution in [2.24, 2.45) is 0 Å². The Hall–Kier alpha value is -2.96. The standard InChI is InChI=1S/C23H32N8O/c1-23(2,31-14-12-29(4)13-15-31)18-9-8-17(21(27-18)30-10-6-5-7-11-30)26-22(32)20-25-16-19(24-3)28-20/h8-9,16H,5-7,10-15H2,1-2,4H3,(H,25,28)(H,26,32). The van der Waals surface area contributed by atoms with E-state index >= 15 is 0 Å². The first kappa shape index (κ1) is 22.2. The third-order valence-electron chi connectivity index (χ3n) is 6.60. The summed E-state index contributed by atoms with van der Waals surface area (Å²) in [6.07, 6.45) is 4.82. The maximum atomic E-state index is 12.8. The second-order valence-electron chi connectivity index (χ2n) is 9.15. The van der Waals surface area contributed by atoms with Gasteiger partial charge in [-0.25, -0.2) is 9.97 Å². The number of rotatable bonds is 5. The lowest BCUT2D eigenvalue weighted by Gasteiger charge is -2.43. The molecule has 2 aliphatic rings. The third-order valence-corrected chi connectivity index (χ3v) is 6.60. The molecule has 9 nitrogen and oxygen atoms in total. The summed E-state index contributed by atoms with van der Waals surface area (Å²) in [7, 11) is 2.16. The van der Waals surface area contributed by atoms with Crippen LogP contribution in [0.1, 0.15) is 49.4 Å². The molecule has 2 N–H and O–H groups in total. The Bertz CT molecular complexity index is 994. The van der Waals surface area contributed by atoms with Gasteiger partial charge in [0.15, 0.2) is 5.82 Å². The van der Waals surface area contributed by atoms with Gasteiger partial charge in [0.1, 0.15) is 0 Å². The molecule has 0 saturated carbocycles. The Morgan fingerprint density at radius 3 is 2.50 bits per heavy atom. The van der Waals surface area contributed by atoms with Crippen molar-refractivity contribution in [1.29, 1.82) is 0 Å². The molecule has 0 atom stereocenters. The number of carbonyl (C=O) groups is 1. The number of hydrogen-bond donors (Lipinski definition) is 2. The van der Waals surface area contributed by atoms with Gasteiger partial charge in [-0.05, 0) is 52.3 Å². The lowest BCUT2D eigenvalue weighted by atomic mass is 9.96. The molecule has 2 aliphatic heterocycles. The molecule has 0 bridgehead atoms. The molecule has 0 aromatic carbocycles. The highest BCUT2D eigenvalue weighted by Crippen LogP contribution is 2.33. The number of anilines is 2. The van der Waals surface area contributed by atoms with E-state index in [1.165, 1.54) is 12.6 Å². The molecular formula is C23H32N8O. The van der Waals surface area contributed by atoms with Gasteiger partial charge in [-0.2, -0.15) is 0 Å². The maximum Gasteiger partial charge on any atom is 0.314 e. The molecular weight excluding hydrogens is 404 g/mol. The number of amides is 1. The van der Waals surface area contributed by atoms with E-state index in [1.807, 2.05) is 12.1 Å². The summed E-state index contributed by atoms with van der Waals surface area (Å²) in [6.45, 7) is 17.5. The molecule has 4 heterocycles. The zero-order valence-electron chi connectivity index (χ0n) is 19.2. The fourth-order valence-electron chi connectivity index (χ4n) is 4.43. The molecule has 0 radical (unpaired) electrons. The van der Waals surface area contributed by atoms with Crippen molar-refractivity contribution in [1.82, 2.24) is 24.8 Å². The van der Waals surface area contributed by atoms with E-state index in [0.717, 1.165) is 63.6 Å². The number of carbonyl (C=O) groups excluding carboxylic acids is 1. The molecule has 4 rings (SSSR count). The number of piperidine rings is 1. The van der Waals surface area contributed by atoms with Crippen LogP contribution in [0.3, 0.4) is 0 Å². The normalized spacial score (nSPS) is 18.4. The molecule has 2 aromatic heterocycles. The van der Waals surface area contributed by atoms with Crippen LogP contribution in [-0.2, 0) is 5.54 Å². The van der Waals surface area contributed by atoms with E-state index in [2.05, 4.69) is 55.7 Å². The first-order valence-corrected chi connectivity index (χ1v) is 11.3. The maximum absolute atomic E-state index is 12.8. The second kappa shape index (κ2) is 9.27. The average molecular weight is 437 g/mol. The van der Waals surface area contributed by atoms with E-state index < -0.39 is 0 Å². The average Bonchev–Trinajstić information content (AvgIpc) is 3.30. The van der Waals surface area contributed by atoms with Crippen LogP contribution in [0.2, 0.25) is 0 Å². The van der Waals surface area contributed by atoms with Gasteiger partial charge in [-0.15, -0.1) is 0 Å². The monoisotopic (exact) mass is 436 g/mol. The molecule has 2 saturated heterocycles. The SMILES string of the molecule is [C-]#[N+]c1cnc(C(=O)Nc2ccc(C(C)(C)N3CCN(C)CC3)nc2N2CCCCC2)[nH]1. The number of likely N-dealkylation sites (N-methyl/N-ethyl adjacent to an activating group) is 1. The number of pyridine rings is 1. The van der Waals surface area contributed by atoms with Crippen molar-refractivity contribution < 1.29 is 4.79 Å². The van der Waals surface area contributed by atoms with Crippen molar-refractivity contribution in [2.45, 2.75) is 38.6 Å². The van der Waals surface area contributed by atoms with Crippen molar-refractivity contribution in [3.8, 4) is 0 Å². The van der Waals surface area contributed by atoms with E-state index in [0.29, 0.717) is 5.69 Å². The zero-order valence-corrected chi connectivity index (χ0v) is 19.2. The number of hydrogen-bond acceptors (Lipinski definition) is 6. The predicted octanol–water partition coefficient (Wildman–Crippen LogP) is 3.08. The highest BCUT2D eigenvalue weighted by Gasteiger charge is 2.33.